The zero-order valence-corrected chi connectivity index (χ0v) is 14.9. The summed E-state index contributed by atoms with van der Waals surface area (Å²) in [4.78, 5) is 36.6. The van der Waals surface area contributed by atoms with E-state index >= 15 is 0 Å². The number of aromatic nitrogens is 3. The molecule has 1 saturated heterocycles. The summed E-state index contributed by atoms with van der Waals surface area (Å²) in [6, 6.07) is 5.09. The molecule has 0 saturated carbocycles. The second kappa shape index (κ2) is 7.04. The number of rotatable bonds is 3. The van der Waals surface area contributed by atoms with Crippen molar-refractivity contribution in [1.82, 2.24) is 19.4 Å². The second-order valence-electron chi connectivity index (χ2n) is 6.45. The van der Waals surface area contributed by atoms with Gasteiger partial charge >= 0.3 is 0 Å². The highest BCUT2D eigenvalue weighted by Crippen LogP contribution is 2.14. The van der Waals surface area contributed by atoms with Crippen LogP contribution in [-0.2, 0) is 11.3 Å². The minimum atomic E-state index is -0.0209. The first-order valence-electron chi connectivity index (χ1n) is 8.43. The molecule has 25 heavy (non-hydrogen) atoms. The Balaban J connectivity index is 1.63. The molecular weight excluding hydrogens is 318 g/mol. The van der Waals surface area contributed by atoms with Crippen LogP contribution in [0.3, 0.4) is 0 Å². The lowest BCUT2D eigenvalue weighted by molar-refractivity contribution is -0.132. The van der Waals surface area contributed by atoms with E-state index in [1.807, 2.05) is 36.3 Å². The first-order chi connectivity index (χ1) is 11.9. The van der Waals surface area contributed by atoms with Gasteiger partial charge in [-0.1, -0.05) is 0 Å². The average molecular weight is 341 g/mol. The molecule has 0 N–H and O–H groups in total. The first kappa shape index (κ1) is 17.1. The van der Waals surface area contributed by atoms with Crippen LogP contribution in [0, 0.1) is 20.8 Å². The van der Waals surface area contributed by atoms with Crippen molar-refractivity contribution >= 4 is 11.7 Å². The molecular formula is C18H23N5O2. The monoisotopic (exact) mass is 341 g/mol. The molecule has 7 heteroatoms. The lowest BCUT2D eigenvalue weighted by atomic mass is 10.2. The fourth-order valence-corrected chi connectivity index (χ4v) is 3.17. The Bertz CT molecular complexity index is 811. The third-order valence-electron chi connectivity index (χ3n) is 4.59. The topological polar surface area (TPSA) is 71.3 Å². The zero-order chi connectivity index (χ0) is 18.0. The molecule has 1 aliphatic heterocycles. The predicted octanol–water partition coefficient (Wildman–Crippen LogP) is 0.912. The highest BCUT2D eigenvalue weighted by molar-refractivity contribution is 5.76. The summed E-state index contributed by atoms with van der Waals surface area (Å²) in [5.74, 6) is 0.986. The maximum absolute atomic E-state index is 12.6. The van der Waals surface area contributed by atoms with Crippen LogP contribution >= 0.6 is 0 Å². The van der Waals surface area contributed by atoms with E-state index in [1.54, 1.807) is 18.5 Å². The van der Waals surface area contributed by atoms with Gasteiger partial charge in [0.25, 0.3) is 0 Å². The molecule has 3 rings (SSSR count). The Morgan fingerprint density at radius 3 is 2.24 bits per heavy atom. The lowest BCUT2D eigenvalue weighted by Crippen LogP contribution is -2.50. The fourth-order valence-electron chi connectivity index (χ4n) is 3.17. The van der Waals surface area contributed by atoms with Crippen LogP contribution in [0.1, 0.15) is 17.1 Å². The van der Waals surface area contributed by atoms with E-state index in [9.17, 15) is 9.59 Å². The summed E-state index contributed by atoms with van der Waals surface area (Å²) in [5, 5.41) is 0. The average Bonchev–Trinajstić information content (AvgIpc) is 2.58. The molecule has 0 bridgehead atoms. The molecule has 0 aromatic carbocycles. The highest BCUT2D eigenvalue weighted by Gasteiger charge is 2.22. The number of piperazine rings is 1. The summed E-state index contributed by atoms with van der Waals surface area (Å²) in [7, 11) is 0. The number of anilines is 1. The van der Waals surface area contributed by atoms with Crippen molar-refractivity contribution in [3.8, 4) is 0 Å². The largest absolute Gasteiger partial charge is 0.353 e. The summed E-state index contributed by atoms with van der Waals surface area (Å²) in [5.41, 5.74) is 2.54. The number of carbonyl (C=O) groups is 1. The number of hydrogen-bond donors (Lipinski definition) is 0. The SMILES string of the molecule is Cc1cc(N2CCN(C(=O)Cn3c(C)cc(=O)cc3C)CC2)ncn1. The third-order valence-corrected chi connectivity index (χ3v) is 4.59. The van der Waals surface area contributed by atoms with Crippen molar-refractivity contribution in [2.75, 3.05) is 31.1 Å². The molecule has 3 heterocycles. The lowest BCUT2D eigenvalue weighted by Gasteiger charge is -2.35. The van der Waals surface area contributed by atoms with Crippen LogP contribution in [0.4, 0.5) is 5.82 Å². The van der Waals surface area contributed by atoms with Gasteiger partial charge in [0, 0.05) is 61.5 Å². The molecule has 0 aliphatic carbocycles. The zero-order valence-electron chi connectivity index (χ0n) is 14.9. The van der Waals surface area contributed by atoms with Crippen molar-refractivity contribution in [2.24, 2.45) is 0 Å². The number of amides is 1. The Morgan fingerprint density at radius 1 is 1.00 bits per heavy atom. The van der Waals surface area contributed by atoms with Gasteiger partial charge in [-0.3, -0.25) is 9.59 Å². The maximum atomic E-state index is 12.6. The number of hydrogen-bond acceptors (Lipinski definition) is 5. The minimum Gasteiger partial charge on any atom is -0.353 e. The van der Waals surface area contributed by atoms with Gasteiger partial charge in [-0.25, -0.2) is 9.97 Å². The molecule has 2 aromatic heterocycles. The van der Waals surface area contributed by atoms with Crippen LogP contribution in [-0.4, -0.2) is 51.5 Å². The smallest absolute Gasteiger partial charge is 0.242 e. The molecule has 0 radical (unpaired) electrons. The maximum Gasteiger partial charge on any atom is 0.242 e. The van der Waals surface area contributed by atoms with Crippen molar-refractivity contribution in [3.63, 3.8) is 0 Å². The Morgan fingerprint density at radius 2 is 1.64 bits per heavy atom. The van der Waals surface area contributed by atoms with E-state index in [0.29, 0.717) is 13.1 Å². The van der Waals surface area contributed by atoms with E-state index in [0.717, 1.165) is 36.0 Å². The van der Waals surface area contributed by atoms with Gasteiger partial charge in [-0.15, -0.1) is 0 Å². The van der Waals surface area contributed by atoms with Crippen LogP contribution in [0.25, 0.3) is 0 Å². The van der Waals surface area contributed by atoms with Crippen molar-refractivity contribution in [1.29, 1.82) is 0 Å². The highest BCUT2D eigenvalue weighted by atomic mass is 16.2. The van der Waals surface area contributed by atoms with Crippen LogP contribution in [0.15, 0.2) is 29.3 Å². The van der Waals surface area contributed by atoms with E-state index in [-0.39, 0.29) is 17.9 Å². The Kier molecular flexibility index (Phi) is 4.83. The summed E-state index contributed by atoms with van der Waals surface area (Å²) < 4.78 is 1.89. The summed E-state index contributed by atoms with van der Waals surface area (Å²) >= 11 is 0. The van der Waals surface area contributed by atoms with E-state index in [4.69, 9.17) is 0 Å². The molecule has 2 aromatic rings. The standard InChI is InChI=1S/C18H23N5O2/c1-13-8-17(20-12-19-13)21-4-6-22(7-5-21)18(25)11-23-14(2)9-16(24)10-15(23)3/h8-10,12H,4-7,11H2,1-3H3. The molecule has 132 valence electrons. The molecule has 0 spiro atoms. The van der Waals surface area contributed by atoms with Gasteiger partial charge in [0.1, 0.15) is 18.7 Å². The van der Waals surface area contributed by atoms with E-state index in [1.165, 1.54) is 0 Å². The summed E-state index contributed by atoms with van der Waals surface area (Å²) in [6.45, 7) is 8.77. The van der Waals surface area contributed by atoms with Crippen LogP contribution < -0.4 is 10.3 Å². The van der Waals surface area contributed by atoms with Gasteiger partial charge in [-0.2, -0.15) is 0 Å². The van der Waals surface area contributed by atoms with Crippen molar-refractivity contribution in [3.05, 3.63) is 51.8 Å². The van der Waals surface area contributed by atoms with Gasteiger partial charge < -0.3 is 14.4 Å². The van der Waals surface area contributed by atoms with Crippen LogP contribution in [0.5, 0.6) is 0 Å². The van der Waals surface area contributed by atoms with Gasteiger partial charge in [0.15, 0.2) is 5.43 Å². The minimum absolute atomic E-state index is 0.0209. The molecule has 0 atom stereocenters. The van der Waals surface area contributed by atoms with Gasteiger partial charge in [-0.05, 0) is 20.8 Å². The fraction of sp³-hybridized carbons (Fsp3) is 0.444. The van der Waals surface area contributed by atoms with Gasteiger partial charge in [0.2, 0.25) is 5.91 Å². The van der Waals surface area contributed by atoms with Crippen LogP contribution in [0.2, 0.25) is 0 Å². The molecule has 0 unspecified atom stereocenters. The number of pyridine rings is 1. The Hall–Kier alpha value is -2.70. The molecule has 7 nitrogen and oxygen atoms in total. The third kappa shape index (κ3) is 3.87. The number of aryl methyl sites for hydroxylation is 3. The number of nitrogens with zero attached hydrogens (tertiary/aromatic N) is 5. The molecule has 1 amide bonds. The number of carbonyl (C=O) groups excluding carboxylic acids is 1. The normalized spacial score (nSPS) is 14.7. The van der Waals surface area contributed by atoms with E-state index < -0.39 is 0 Å². The molecule has 1 aliphatic rings. The van der Waals surface area contributed by atoms with Crippen molar-refractivity contribution < 1.29 is 4.79 Å². The van der Waals surface area contributed by atoms with E-state index in [2.05, 4.69) is 14.9 Å². The predicted molar refractivity (Wildman–Crippen MR) is 95.7 cm³/mol. The Labute approximate surface area is 146 Å². The second-order valence-corrected chi connectivity index (χ2v) is 6.45. The first-order valence-corrected chi connectivity index (χ1v) is 8.43. The quantitative estimate of drug-likeness (QED) is 0.830. The van der Waals surface area contributed by atoms with Gasteiger partial charge in [0.05, 0.1) is 0 Å². The van der Waals surface area contributed by atoms with Crippen molar-refractivity contribution in [2.45, 2.75) is 27.3 Å². The summed E-state index contributed by atoms with van der Waals surface area (Å²) in [6.07, 6.45) is 1.57. The molecule has 1 fully saturated rings.